The molecule has 2 aromatic carbocycles. The van der Waals surface area contributed by atoms with Gasteiger partial charge in [-0.15, -0.1) is 0 Å². The smallest absolute Gasteiger partial charge is 0.260 e. The topological polar surface area (TPSA) is 183 Å². The Morgan fingerprint density at radius 3 is 1.88 bits per heavy atom. The Kier molecular flexibility index (Phi) is 10.4. The normalized spacial score (nSPS) is 12.4. The fourth-order valence-corrected chi connectivity index (χ4v) is 5.30. The van der Waals surface area contributed by atoms with Gasteiger partial charge in [0, 0.05) is 25.8 Å². The van der Waals surface area contributed by atoms with Crippen molar-refractivity contribution in [3.63, 3.8) is 0 Å². The molecule has 0 saturated heterocycles. The molecule has 13 nitrogen and oxygen atoms in total. The largest absolute Gasteiger partial charge is 0.497 e. The molecule has 2 aromatic heterocycles. The number of hydrogen-bond acceptors (Lipinski definition) is 9. The number of nitrogens with one attached hydrogen (secondary N) is 1. The number of primary sulfonamides is 1. The summed E-state index contributed by atoms with van der Waals surface area (Å²) in [6.45, 7) is 2.33. The minimum absolute atomic E-state index is 0.0597. The molecule has 0 spiro atoms. The molecule has 40 heavy (non-hydrogen) atoms. The van der Waals surface area contributed by atoms with Gasteiger partial charge in [0.15, 0.2) is 10.1 Å². The van der Waals surface area contributed by atoms with E-state index >= 15 is 0 Å². The Hall–Kier alpha value is -3.76. The molecule has 0 unspecified atom stereocenters. The van der Waals surface area contributed by atoms with Crippen molar-refractivity contribution in [3.8, 4) is 11.5 Å². The van der Waals surface area contributed by atoms with Crippen LogP contribution in [0.5, 0.6) is 11.5 Å². The first-order chi connectivity index (χ1) is 18.9. The second-order valence-electron chi connectivity index (χ2n) is 8.69. The highest BCUT2D eigenvalue weighted by atomic mass is 32.2. The highest BCUT2D eigenvalue weighted by Gasteiger charge is 2.26. The standard InChI is InChI=1S/C19H21N3O4S.C6H11N3O3S/c1-25-17-7-3-15(4-8-17)12-22(27(23,24)19-11-20-14-21-19)13-16-5-9-18(26-2)10-6-16;1-5(10)2-9-3-6(8-4-9)13(7,11)12/h3-11,14H,12-13H2,1-2H3,(H,20,21);3-5,10H,2H2,1H3,(H2,7,11,12)/t;5-/m.0/s1. The zero-order chi connectivity index (χ0) is 29.3. The van der Waals surface area contributed by atoms with Gasteiger partial charge in [-0.1, -0.05) is 24.3 Å². The first-order valence-corrected chi connectivity index (χ1v) is 14.9. The van der Waals surface area contributed by atoms with Crippen LogP contribution in [0.2, 0.25) is 0 Å². The fraction of sp³-hybridized carbons (Fsp3) is 0.280. The van der Waals surface area contributed by atoms with Crippen molar-refractivity contribution < 1.29 is 31.4 Å². The maximum Gasteiger partial charge on any atom is 0.260 e. The highest BCUT2D eigenvalue weighted by Crippen LogP contribution is 2.22. The van der Waals surface area contributed by atoms with Crippen LogP contribution in [0.3, 0.4) is 0 Å². The van der Waals surface area contributed by atoms with Crippen molar-refractivity contribution in [3.05, 3.63) is 84.7 Å². The summed E-state index contributed by atoms with van der Waals surface area (Å²) in [4.78, 5) is 10.1. The van der Waals surface area contributed by atoms with Gasteiger partial charge in [-0.05, 0) is 42.3 Å². The van der Waals surface area contributed by atoms with Crippen LogP contribution in [-0.4, -0.2) is 66.1 Å². The van der Waals surface area contributed by atoms with Crippen LogP contribution in [0.4, 0.5) is 0 Å². The lowest BCUT2D eigenvalue weighted by Gasteiger charge is -2.22. The van der Waals surface area contributed by atoms with Crippen molar-refractivity contribution in [1.29, 1.82) is 0 Å². The molecule has 0 amide bonds. The molecule has 2 heterocycles. The SMILES string of the molecule is COc1ccc(CN(Cc2ccc(OC)cc2)S(=O)(=O)c2cnc[nH]2)cc1.C[C@H](O)Cn1cnc(S(N)(=O)=O)c1. The van der Waals surface area contributed by atoms with Crippen molar-refractivity contribution in [2.75, 3.05) is 14.2 Å². The number of aliphatic hydroxyl groups excluding tert-OH is 1. The van der Waals surface area contributed by atoms with Crippen LogP contribution in [0.15, 0.2) is 83.6 Å². The summed E-state index contributed by atoms with van der Waals surface area (Å²) in [5.41, 5.74) is 1.71. The maximum atomic E-state index is 13.1. The van der Waals surface area contributed by atoms with E-state index < -0.39 is 26.2 Å². The third-order valence-electron chi connectivity index (χ3n) is 5.50. The highest BCUT2D eigenvalue weighted by molar-refractivity contribution is 7.89. The lowest BCUT2D eigenvalue weighted by Crippen LogP contribution is -2.30. The van der Waals surface area contributed by atoms with E-state index in [4.69, 9.17) is 19.7 Å². The molecule has 1 atom stereocenters. The van der Waals surface area contributed by atoms with Gasteiger partial charge in [-0.3, -0.25) is 0 Å². The molecular formula is C25H32N6O7S2. The average molecular weight is 593 g/mol. The summed E-state index contributed by atoms with van der Waals surface area (Å²) in [7, 11) is -4.28. The molecule has 4 N–H and O–H groups in total. The minimum atomic E-state index is -3.73. The van der Waals surface area contributed by atoms with Crippen LogP contribution >= 0.6 is 0 Å². The minimum Gasteiger partial charge on any atom is -0.497 e. The van der Waals surface area contributed by atoms with Crippen LogP contribution < -0.4 is 14.6 Å². The van der Waals surface area contributed by atoms with Crippen LogP contribution in [0, 0.1) is 0 Å². The number of imidazole rings is 2. The number of benzene rings is 2. The molecule has 0 bridgehead atoms. The van der Waals surface area contributed by atoms with Crippen LogP contribution in [0.1, 0.15) is 18.1 Å². The van der Waals surface area contributed by atoms with Gasteiger partial charge in [-0.2, -0.15) is 4.31 Å². The van der Waals surface area contributed by atoms with Crippen LogP contribution in [0.25, 0.3) is 0 Å². The third kappa shape index (κ3) is 8.62. The summed E-state index contributed by atoms with van der Waals surface area (Å²) >= 11 is 0. The maximum absolute atomic E-state index is 13.1. The summed E-state index contributed by atoms with van der Waals surface area (Å²) in [5, 5.41) is 13.7. The lowest BCUT2D eigenvalue weighted by atomic mass is 10.2. The predicted octanol–water partition coefficient (Wildman–Crippen LogP) is 1.73. The van der Waals surface area contributed by atoms with Crippen molar-refractivity contribution in [2.45, 2.75) is 42.7 Å². The number of aromatic amines is 1. The third-order valence-corrected chi connectivity index (χ3v) is 8.01. The summed E-state index contributed by atoms with van der Waals surface area (Å²) in [5.74, 6) is 1.44. The zero-order valence-electron chi connectivity index (χ0n) is 22.2. The number of aromatic nitrogens is 4. The second-order valence-corrected chi connectivity index (χ2v) is 12.1. The van der Waals surface area contributed by atoms with Gasteiger partial charge < -0.3 is 24.1 Å². The van der Waals surface area contributed by atoms with E-state index in [0.717, 1.165) is 22.6 Å². The summed E-state index contributed by atoms with van der Waals surface area (Å²) < 4.78 is 60.8. The number of methoxy groups -OCH3 is 2. The Balaban J connectivity index is 0.000000285. The predicted molar refractivity (Wildman–Crippen MR) is 146 cm³/mol. The summed E-state index contributed by atoms with van der Waals surface area (Å²) in [6, 6.07) is 14.6. The fourth-order valence-electron chi connectivity index (χ4n) is 3.51. The Morgan fingerprint density at radius 1 is 0.975 bits per heavy atom. The molecule has 0 fully saturated rings. The monoisotopic (exact) mass is 592 g/mol. The molecule has 0 aliphatic rings. The number of nitrogens with two attached hydrogens (primary N) is 1. The van der Waals surface area contributed by atoms with Crippen molar-refractivity contribution in [2.24, 2.45) is 5.14 Å². The summed E-state index contributed by atoms with van der Waals surface area (Å²) in [6.07, 6.45) is 4.70. The Morgan fingerprint density at radius 2 is 1.50 bits per heavy atom. The molecule has 0 aliphatic carbocycles. The zero-order valence-corrected chi connectivity index (χ0v) is 23.8. The molecular weight excluding hydrogens is 560 g/mol. The van der Waals surface area contributed by atoms with E-state index in [1.165, 1.54) is 33.9 Å². The Labute approximate surface area is 233 Å². The number of nitrogens with zero attached hydrogens (tertiary/aromatic N) is 4. The van der Waals surface area contributed by atoms with E-state index in [1.807, 2.05) is 48.5 Å². The van der Waals surface area contributed by atoms with E-state index in [0.29, 0.717) is 6.54 Å². The number of aliphatic hydroxyl groups is 1. The number of ether oxygens (including phenoxy) is 2. The molecule has 216 valence electrons. The average Bonchev–Trinajstić information content (AvgIpc) is 3.62. The molecule has 0 saturated carbocycles. The van der Waals surface area contributed by atoms with Crippen molar-refractivity contribution >= 4 is 20.0 Å². The van der Waals surface area contributed by atoms with Gasteiger partial charge in [0.25, 0.3) is 20.0 Å². The first-order valence-electron chi connectivity index (χ1n) is 11.9. The first kappa shape index (κ1) is 30.8. The molecule has 4 rings (SSSR count). The van der Waals surface area contributed by atoms with Gasteiger partial charge in [0.05, 0.1) is 39.2 Å². The number of rotatable bonds is 11. The number of sulfonamides is 2. The van der Waals surface area contributed by atoms with E-state index in [-0.39, 0.29) is 23.1 Å². The van der Waals surface area contributed by atoms with E-state index in [1.54, 1.807) is 21.1 Å². The quantitative estimate of drug-likeness (QED) is 0.233. The Bertz CT molecular complexity index is 1500. The number of hydrogen-bond donors (Lipinski definition) is 3. The van der Waals surface area contributed by atoms with Gasteiger partial charge in [0.2, 0.25) is 0 Å². The second kappa shape index (κ2) is 13.5. The van der Waals surface area contributed by atoms with Gasteiger partial charge >= 0.3 is 0 Å². The number of H-pyrrole nitrogens is 1. The van der Waals surface area contributed by atoms with Crippen LogP contribution in [-0.2, 0) is 39.7 Å². The molecule has 0 radical (unpaired) electrons. The molecule has 15 heteroatoms. The van der Waals surface area contributed by atoms with Gasteiger partial charge in [-0.25, -0.2) is 31.9 Å². The molecule has 4 aromatic rings. The van der Waals surface area contributed by atoms with E-state index in [2.05, 4.69) is 15.0 Å². The van der Waals surface area contributed by atoms with Crippen molar-refractivity contribution in [1.82, 2.24) is 23.8 Å². The molecule has 0 aliphatic heterocycles. The lowest BCUT2D eigenvalue weighted by molar-refractivity contribution is 0.173. The van der Waals surface area contributed by atoms with E-state index in [9.17, 15) is 16.8 Å². The van der Waals surface area contributed by atoms with Gasteiger partial charge in [0.1, 0.15) is 11.5 Å².